The Kier molecular flexibility index (Phi) is 3.94. The Labute approximate surface area is 119 Å². The summed E-state index contributed by atoms with van der Waals surface area (Å²) in [6.45, 7) is 2.70. The lowest BCUT2D eigenvalue weighted by Gasteiger charge is -2.12. The Bertz CT molecular complexity index is 632. The Hall–Kier alpha value is -2.48. The standard InChI is InChI=1S/C15H19N5/c1-11-12(7-14(8-16)20(11)4)9-17-13-5-6-15(18-10-13)19(2)3/h5-7,10,17H,9H2,1-4H3. The molecule has 0 bridgehead atoms. The summed E-state index contributed by atoms with van der Waals surface area (Å²) in [5, 5.41) is 12.3. The maximum absolute atomic E-state index is 9.02. The van der Waals surface area contributed by atoms with Crippen LogP contribution >= 0.6 is 0 Å². The Balaban J connectivity index is 2.07. The van der Waals surface area contributed by atoms with E-state index in [1.807, 2.05) is 61.9 Å². The van der Waals surface area contributed by atoms with Crippen LogP contribution in [0.1, 0.15) is 17.0 Å². The lowest BCUT2D eigenvalue weighted by atomic mass is 10.2. The summed E-state index contributed by atoms with van der Waals surface area (Å²) in [7, 11) is 5.84. The molecule has 0 aliphatic rings. The van der Waals surface area contributed by atoms with Crippen molar-refractivity contribution in [2.75, 3.05) is 24.3 Å². The van der Waals surface area contributed by atoms with E-state index in [1.165, 1.54) is 0 Å². The second kappa shape index (κ2) is 5.66. The molecule has 2 aromatic rings. The molecule has 2 aromatic heterocycles. The van der Waals surface area contributed by atoms with Gasteiger partial charge >= 0.3 is 0 Å². The van der Waals surface area contributed by atoms with Crippen molar-refractivity contribution < 1.29 is 0 Å². The average molecular weight is 269 g/mol. The van der Waals surface area contributed by atoms with E-state index in [0.29, 0.717) is 12.2 Å². The molecule has 0 atom stereocenters. The molecule has 5 nitrogen and oxygen atoms in total. The third-order valence-electron chi connectivity index (χ3n) is 3.44. The SMILES string of the molecule is Cc1c(CNc2ccc(N(C)C)nc2)cc(C#N)n1C. The van der Waals surface area contributed by atoms with Crippen molar-refractivity contribution in [3.8, 4) is 6.07 Å². The molecular formula is C15H19N5. The molecule has 2 heterocycles. The number of pyridine rings is 1. The summed E-state index contributed by atoms with van der Waals surface area (Å²) >= 11 is 0. The molecule has 0 spiro atoms. The quantitative estimate of drug-likeness (QED) is 0.925. The van der Waals surface area contributed by atoms with Crippen LogP contribution in [0.15, 0.2) is 24.4 Å². The van der Waals surface area contributed by atoms with Gasteiger partial charge in [-0.1, -0.05) is 0 Å². The highest BCUT2D eigenvalue weighted by Gasteiger charge is 2.08. The molecule has 0 aromatic carbocycles. The normalized spacial score (nSPS) is 10.2. The van der Waals surface area contributed by atoms with Gasteiger partial charge in [0.1, 0.15) is 17.6 Å². The highest BCUT2D eigenvalue weighted by atomic mass is 15.1. The van der Waals surface area contributed by atoms with Crippen LogP contribution in [0.2, 0.25) is 0 Å². The molecule has 0 amide bonds. The maximum atomic E-state index is 9.02. The van der Waals surface area contributed by atoms with Gasteiger partial charge in [0, 0.05) is 33.4 Å². The number of aromatic nitrogens is 2. The molecule has 0 unspecified atom stereocenters. The van der Waals surface area contributed by atoms with Crippen molar-refractivity contribution in [3.05, 3.63) is 41.3 Å². The monoisotopic (exact) mass is 269 g/mol. The van der Waals surface area contributed by atoms with Gasteiger partial charge in [-0.05, 0) is 30.7 Å². The second-order valence-corrected chi connectivity index (χ2v) is 4.96. The van der Waals surface area contributed by atoms with Crippen molar-refractivity contribution >= 4 is 11.5 Å². The number of anilines is 2. The first kappa shape index (κ1) is 13.9. The molecule has 0 aliphatic carbocycles. The lowest BCUT2D eigenvalue weighted by Crippen LogP contribution is -2.10. The van der Waals surface area contributed by atoms with Gasteiger partial charge < -0.3 is 14.8 Å². The number of nitrogens with zero attached hydrogens (tertiary/aromatic N) is 4. The van der Waals surface area contributed by atoms with E-state index in [-0.39, 0.29) is 0 Å². The van der Waals surface area contributed by atoms with E-state index < -0.39 is 0 Å². The van der Waals surface area contributed by atoms with Gasteiger partial charge in [-0.3, -0.25) is 0 Å². The lowest BCUT2D eigenvalue weighted by molar-refractivity contribution is 0.856. The van der Waals surface area contributed by atoms with Crippen LogP contribution in [-0.4, -0.2) is 23.6 Å². The molecule has 0 aliphatic heterocycles. The van der Waals surface area contributed by atoms with Crippen molar-refractivity contribution in [1.29, 1.82) is 5.26 Å². The van der Waals surface area contributed by atoms with Gasteiger partial charge in [-0.2, -0.15) is 5.26 Å². The van der Waals surface area contributed by atoms with Gasteiger partial charge in [-0.15, -0.1) is 0 Å². The number of nitriles is 1. The summed E-state index contributed by atoms with van der Waals surface area (Å²) in [6, 6.07) is 8.09. The fourth-order valence-electron chi connectivity index (χ4n) is 2.00. The van der Waals surface area contributed by atoms with Crippen molar-refractivity contribution in [2.24, 2.45) is 7.05 Å². The molecular weight excluding hydrogens is 250 g/mol. The van der Waals surface area contributed by atoms with E-state index in [2.05, 4.69) is 16.4 Å². The van der Waals surface area contributed by atoms with Crippen LogP contribution in [0.25, 0.3) is 0 Å². The first-order valence-electron chi connectivity index (χ1n) is 6.45. The number of rotatable bonds is 4. The third kappa shape index (κ3) is 2.75. The zero-order chi connectivity index (χ0) is 14.7. The molecule has 20 heavy (non-hydrogen) atoms. The van der Waals surface area contributed by atoms with Crippen LogP contribution < -0.4 is 10.2 Å². The van der Waals surface area contributed by atoms with Crippen molar-refractivity contribution in [3.63, 3.8) is 0 Å². The van der Waals surface area contributed by atoms with E-state index >= 15 is 0 Å². The van der Waals surface area contributed by atoms with Crippen LogP contribution in [0.5, 0.6) is 0 Å². The minimum atomic E-state index is 0.681. The summed E-state index contributed by atoms with van der Waals surface area (Å²) in [5.74, 6) is 0.929. The summed E-state index contributed by atoms with van der Waals surface area (Å²) < 4.78 is 1.91. The predicted molar refractivity (Wildman–Crippen MR) is 80.8 cm³/mol. The van der Waals surface area contributed by atoms with Crippen LogP contribution in [0.3, 0.4) is 0 Å². The smallest absolute Gasteiger partial charge is 0.128 e. The number of hydrogen-bond donors (Lipinski definition) is 1. The predicted octanol–water partition coefficient (Wildman–Crippen LogP) is 2.28. The minimum Gasteiger partial charge on any atom is -0.380 e. The highest BCUT2D eigenvalue weighted by molar-refractivity contribution is 5.48. The molecule has 0 saturated heterocycles. The van der Waals surface area contributed by atoms with E-state index in [1.54, 1.807) is 0 Å². The zero-order valence-corrected chi connectivity index (χ0v) is 12.3. The van der Waals surface area contributed by atoms with Gasteiger partial charge in [0.2, 0.25) is 0 Å². The molecule has 0 saturated carbocycles. The van der Waals surface area contributed by atoms with Gasteiger partial charge in [0.15, 0.2) is 0 Å². The van der Waals surface area contributed by atoms with Crippen LogP contribution in [0, 0.1) is 18.3 Å². The number of nitrogens with one attached hydrogen (secondary N) is 1. The molecule has 5 heteroatoms. The Morgan fingerprint density at radius 1 is 1.40 bits per heavy atom. The van der Waals surface area contributed by atoms with Crippen molar-refractivity contribution in [1.82, 2.24) is 9.55 Å². The topological polar surface area (TPSA) is 56.9 Å². The fourth-order valence-corrected chi connectivity index (χ4v) is 2.00. The number of hydrogen-bond acceptors (Lipinski definition) is 4. The molecule has 1 N–H and O–H groups in total. The summed E-state index contributed by atoms with van der Waals surface area (Å²) in [5.41, 5.74) is 3.88. The van der Waals surface area contributed by atoms with Gasteiger partial charge in [0.05, 0.1) is 11.9 Å². The van der Waals surface area contributed by atoms with E-state index in [0.717, 1.165) is 22.8 Å². The molecule has 0 fully saturated rings. The van der Waals surface area contributed by atoms with Gasteiger partial charge in [-0.25, -0.2) is 4.98 Å². The summed E-state index contributed by atoms with van der Waals surface area (Å²) in [6.07, 6.45) is 1.82. The minimum absolute atomic E-state index is 0.681. The fraction of sp³-hybridized carbons (Fsp3) is 0.333. The average Bonchev–Trinajstić information content (AvgIpc) is 2.73. The molecule has 104 valence electrons. The largest absolute Gasteiger partial charge is 0.380 e. The van der Waals surface area contributed by atoms with Crippen LogP contribution in [-0.2, 0) is 13.6 Å². The summed E-state index contributed by atoms with van der Waals surface area (Å²) in [4.78, 5) is 6.32. The zero-order valence-electron chi connectivity index (χ0n) is 12.3. The Morgan fingerprint density at radius 3 is 2.65 bits per heavy atom. The highest BCUT2D eigenvalue weighted by Crippen LogP contribution is 2.16. The first-order chi connectivity index (χ1) is 9.52. The molecule has 0 radical (unpaired) electrons. The Morgan fingerprint density at radius 2 is 2.15 bits per heavy atom. The van der Waals surface area contributed by atoms with Crippen LogP contribution in [0.4, 0.5) is 11.5 Å². The van der Waals surface area contributed by atoms with Crippen molar-refractivity contribution in [2.45, 2.75) is 13.5 Å². The van der Waals surface area contributed by atoms with E-state index in [9.17, 15) is 0 Å². The third-order valence-corrected chi connectivity index (χ3v) is 3.44. The first-order valence-corrected chi connectivity index (χ1v) is 6.45. The van der Waals surface area contributed by atoms with Gasteiger partial charge in [0.25, 0.3) is 0 Å². The van der Waals surface area contributed by atoms with E-state index in [4.69, 9.17) is 5.26 Å². The maximum Gasteiger partial charge on any atom is 0.128 e. The molecule has 2 rings (SSSR count). The second-order valence-electron chi connectivity index (χ2n) is 4.96.